The third-order valence-electron chi connectivity index (χ3n) is 3.50. The Morgan fingerprint density at radius 1 is 0.958 bits per heavy atom. The Balaban J connectivity index is 1.69. The Hall–Kier alpha value is -2.66. The lowest BCUT2D eigenvalue weighted by atomic mass is 10.1. The van der Waals surface area contributed by atoms with Crippen molar-refractivity contribution in [2.75, 3.05) is 5.32 Å². The zero-order valence-electron chi connectivity index (χ0n) is 12.9. The third-order valence-corrected chi connectivity index (χ3v) is 4.19. The van der Waals surface area contributed by atoms with Crippen molar-refractivity contribution in [3.63, 3.8) is 0 Å². The van der Waals surface area contributed by atoms with Crippen molar-refractivity contribution in [2.45, 2.75) is 6.54 Å². The number of para-hydroxylation sites is 1. The number of benzene rings is 2. The summed E-state index contributed by atoms with van der Waals surface area (Å²) in [6, 6.07) is 21.0. The monoisotopic (exact) mass is 381 g/mol. The first kappa shape index (κ1) is 16.2. The van der Waals surface area contributed by atoms with Gasteiger partial charge in [-0.15, -0.1) is 0 Å². The predicted octanol–water partition coefficient (Wildman–Crippen LogP) is 4.83. The molecule has 2 N–H and O–H groups in total. The lowest BCUT2D eigenvalue weighted by Crippen LogP contribution is -2.28. The molecule has 0 aliphatic carbocycles. The minimum absolute atomic E-state index is 0.259. The van der Waals surface area contributed by atoms with E-state index in [9.17, 15) is 4.79 Å². The van der Waals surface area contributed by atoms with Gasteiger partial charge in [-0.1, -0.05) is 48.5 Å². The number of hydrogen-bond donors (Lipinski definition) is 2. The molecule has 0 aliphatic rings. The summed E-state index contributed by atoms with van der Waals surface area (Å²) in [6.45, 7) is 0.397. The number of rotatable bonds is 4. The topological polar surface area (TPSA) is 54.0 Å². The average molecular weight is 382 g/mol. The molecule has 0 saturated heterocycles. The zero-order valence-corrected chi connectivity index (χ0v) is 14.5. The van der Waals surface area contributed by atoms with Crippen molar-refractivity contribution in [2.24, 2.45) is 0 Å². The summed E-state index contributed by atoms with van der Waals surface area (Å²) < 4.78 is 0.839. The van der Waals surface area contributed by atoms with Gasteiger partial charge in [-0.2, -0.15) is 0 Å². The Labute approximate surface area is 149 Å². The number of aromatic nitrogens is 1. The molecule has 3 rings (SSSR count). The van der Waals surface area contributed by atoms with Crippen LogP contribution >= 0.6 is 15.9 Å². The Bertz CT molecular complexity index is 837. The van der Waals surface area contributed by atoms with Gasteiger partial charge < -0.3 is 10.6 Å². The number of amides is 2. The Kier molecular flexibility index (Phi) is 5.23. The van der Waals surface area contributed by atoms with Crippen LogP contribution in [0.2, 0.25) is 0 Å². The fourth-order valence-electron chi connectivity index (χ4n) is 2.34. The molecule has 2 aromatic carbocycles. The van der Waals surface area contributed by atoms with Crippen LogP contribution in [0.1, 0.15) is 5.56 Å². The van der Waals surface area contributed by atoms with E-state index in [0.717, 1.165) is 27.0 Å². The summed E-state index contributed by atoms with van der Waals surface area (Å²) in [5.41, 5.74) is 3.59. The maximum atomic E-state index is 12.1. The van der Waals surface area contributed by atoms with Gasteiger partial charge >= 0.3 is 6.03 Å². The molecule has 4 nitrogen and oxygen atoms in total. The largest absolute Gasteiger partial charge is 0.334 e. The highest BCUT2D eigenvalue weighted by Crippen LogP contribution is 2.22. The number of anilines is 1. The van der Waals surface area contributed by atoms with Crippen LogP contribution < -0.4 is 10.6 Å². The summed E-state index contributed by atoms with van der Waals surface area (Å²) in [7, 11) is 0. The molecule has 0 bridgehead atoms. The van der Waals surface area contributed by atoms with Crippen LogP contribution in [0, 0.1) is 0 Å². The van der Waals surface area contributed by atoms with E-state index in [-0.39, 0.29) is 6.03 Å². The molecule has 5 heteroatoms. The number of urea groups is 1. The number of halogens is 1. The maximum absolute atomic E-state index is 12.1. The molecular formula is C19H16BrN3O. The second-order valence-corrected chi connectivity index (χ2v) is 6.02. The van der Waals surface area contributed by atoms with E-state index in [2.05, 4.69) is 31.5 Å². The fourth-order valence-corrected chi connectivity index (χ4v) is 2.73. The van der Waals surface area contributed by atoms with E-state index in [1.807, 2.05) is 66.7 Å². The van der Waals surface area contributed by atoms with Gasteiger partial charge in [-0.25, -0.2) is 4.79 Å². The number of carbonyl (C=O) groups is 1. The van der Waals surface area contributed by atoms with Crippen LogP contribution in [0.25, 0.3) is 11.3 Å². The summed E-state index contributed by atoms with van der Waals surface area (Å²) in [5.74, 6) is 0. The van der Waals surface area contributed by atoms with E-state index in [0.29, 0.717) is 6.54 Å². The van der Waals surface area contributed by atoms with E-state index in [1.165, 1.54) is 0 Å². The standard InChI is InChI=1S/C19H16BrN3O/c20-16-10-4-5-11-17(16)23-19(24)22-13-15-9-6-12-21-18(15)14-7-2-1-3-8-14/h1-12H,13H2,(H2,22,23,24). The number of nitrogens with zero attached hydrogens (tertiary/aromatic N) is 1. The highest BCUT2D eigenvalue weighted by atomic mass is 79.9. The van der Waals surface area contributed by atoms with E-state index >= 15 is 0 Å². The minimum Gasteiger partial charge on any atom is -0.334 e. The fraction of sp³-hybridized carbons (Fsp3) is 0.0526. The number of pyridine rings is 1. The molecule has 1 heterocycles. The van der Waals surface area contributed by atoms with E-state index < -0.39 is 0 Å². The molecule has 1 aromatic heterocycles. The molecule has 0 aliphatic heterocycles. The highest BCUT2D eigenvalue weighted by Gasteiger charge is 2.08. The van der Waals surface area contributed by atoms with Gasteiger partial charge in [0, 0.05) is 22.8 Å². The lowest BCUT2D eigenvalue weighted by Gasteiger charge is -2.11. The number of nitrogens with one attached hydrogen (secondary N) is 2. The smallest absolute Gasteiger partial charge is 0.319 e. The molecular weight excluding hydrogens is 366 g/mol. The van der Waals surface area contributed by atoms with Gasteiger partial charge in [0.2, 0.25) is 0 Å². The van der Waals surface area contributed by atoms with Crippen molar-refractivity contribution in [1.82, 2.24) is 10.3 Å². The Morgan fingerprint density at radius 2 is 1.71 bits per heavy atom. The quantitative estimate of drug-likeness (QED) is 0.679. The minimum atomic E-state index is -0.259. The molecule has 24 heavy (non-hydrogen) atoms. The second-order valence-electron chi connectivity index (χ2n) is 5.16. The van der Waals surface area contributed by atoms with Crippen LogP contribution in [0.3, 0.4) is 0 Å². The van der Waals surface area contributed by atoms with Gasteiger partial charge in [0.1, 0.15) is 0 Å². The van der Waals surface area contributed by atoms with E-state index in [4.69, 9.17) is 0 Å². The molecule has 3 aromatic rings. The van der Waals surface area contributed by atoms with Crippen LogP contribution in [-0.2, 0) is 6.54 Å². The molecule has 0 fully saturated rings. The number of hydrogen-bond acceptors (Lipinski definition) is 2. The van der Waals surface area contributed by atoms with Gasteiger partial charge in [0.15, 0.2) is 0 Å². The van der Waals surface area contributed by atoms with Crippen molar-refractivity contribution in [1.29, 1.82) is 0 Å². The maximum Gasteiger partial charge on any atom is 0.319 e. The van der Waals surface area contributed by atoms with Crippen molar-refractivity contribution >= 4 is 27.6 Å². The molecule has 0 spiro atoms. The molecule has 2 amide bonds. The third kappa shape index (κ3) is 4.00. The highest BCUT2D eigenvalue weighted by molar-refractivity contribution is 9.10. The second kappa shape index (κ2) is 7.75. The lowest BCUT2D eigenvalue weighted by molar-refractivity contribution is 0.251. The summed E-state index contributed by atoms with van der Waals surface area (Å²) in [5, 5.41) is 5.70. The van der Waals surface area contributed by atoms with Crippen LogP contribution in [-0.4, -0.2) is 11.0 Å². The van der Waals surface area contributed by atoms with Gasteiger partial charge in [0.05, 0.1) is 11.4 Å². The zero-order chi connectivity index (χ0) is 16.8. The van der Waals surface area contributed by atoms with Gasteiger partial charge in [0.25, 0.3) is 0 Å². The first-order valence-corrected chi connectivity index (χ1v) is 8.32. The van der Waals surface area contributed by atoms with Crippen molar-refractivity contribution in [3.05, 3.63) is 83.0 Å². The van der Waals surface area contributed by atoms with Crippen LogP contribution in [0.5, 0.6) is 0 Å². The van der Waals surface area contributed by atoms with Crippen LogP contribution in [0.15, 0.2) is 77.4 Å². The molecule has 0 unspecified atom stereocenters. The van der Waals surface area contributed by atoms with Crippen LogP contribution in [0.4, 0.5) is 10.5 Å². The first-order valence-electron chi connectivity index (χ1n) is 7.53. The molecule has 0 radical (unpaired) electrons. The average Bonchev–Trinajstić information content (AvgIpc) is 2.63. The predicted molar refractivity (Wildman–Crippen MR) is 99.7 cm³/mol. The van der Waals surface area contributed by atoms with Crippen molar-refractivity contribution < 1.29 is 4.79 Å². The molecule has 120 valence electrons. The SMILES string of the molecule is O=C(NCc1cccnc1-c1ccccc1)Nc1ccccc1Br. The normalized spacial score (nSPS) is 10.2. The Morgan fingerprint density at radius 3 is 2.50 bits per heavy atom. The number of carbonyl (C=O) groups excluding carboxylic acids is 1. The molecule has 0 atom stereocenters. The van der Waals surface area contributed by atoms with Crippen molar-refractivity contribution in [3.8, 4) is 11.3 Å². The summed E-state index contributed by atoms with van der Waals surface area (Å²) in [4.78, 5) is 16.6. The van der Waals surface area contributed by atoms with E-state index in [1.54, 1.807) is 6.20 Å². The van der Waals surface area contributed by atoms with Gasteiger partial charge in [-0.05, 0) is 39.7 Å². The summed E-state index contributed by atoms with van der Waals surface area (Å²) in [6.07, 6.45) is 1.76. The first-order chi connectivity index (χ1) is 11.7. The van der Waals surface area contributed by atoms with Gasteiger partial charge in [-0.3, -0.25) is 4.98 Å². The molecule has 0 saturated carbocycles. The summed E-state index contributed by atoms with van der Waals surface area (Å²) >= 11 is 3.41.